The van der Waals surface area contributed by atoms with E-state index in [2.05, 4.69) is 39.8 Å². The summed E-state index contributed by atoms with van der Waals surface area (Å²) in [6.07, 6.45) is 1.16. The van der Waals surface area contributed by atoms with Gasteiger partial charge in [-0.05, 0) is 67.9 Å². The Morgan fingerprint density at radius 2 is 1.88 bits per heavy atom. The van der Waals surface area contributed by atoms with Crippen LogP contribution in [0.5, 0.6) is 0 Å². The van der Waals surface area contributed by atoms with E-state index >= 15 is 0 Å². The van der Waals surface area contributed by atoms with E-state index in [0.717, 1.165) is 31.7 Å². The van der Waals surface area contributed by atoms with Gasteiger partial charge in [0.15, 0.2) is 10.9 Å². The SMILES string of the molecule is CC(=O)c1ccc(NC(=S)NC[C@@H]2CCN(c3ccccc3)C2)cc1. The highest BCUT2D eigenvalue weighted by Crippen LogP contribution is 2.23. The van der Waals surface area contributed by atoms with Gasteiger partial charge in [-0.25, -0.2) is 0 Å². The average molecular weight is 353 g/mol. The molecular formula is C20H23N3OS. The molecule has 0 aromatic heterocycles. The fraction of sp³-hybridized carbons (Fsp3) is 0.300. The van der Waals surface area contributed by atoms with Gasteiger partial charge in [0, 0.05) is 36.6 Å². The van der Waals surface area contributed by atoms with Gasteiger partial charge in [-0.15, -0.1) is 0 Å². The Kier molecular flexibility index (Phi) is 5.66. The molecule has 1 saturated heterocycles. The monoisotopic (exact) mass is 353 g/mol. The molecule has 25 heavy (non-hydrogen) atoms. The van der Waals surface area contributed by atoms with Crippen LogP contribution in [-0.4, -0.2) is 30.5 Å². The summed E-state index contributed by atoms with van der Waals surface area (Å²) in [5.41, 5.74) is 2.88. The number of hydrogen-bond donors (Lipinski definition) is 2. The van der Waals surface area contributed by atoms with Crippen LogP contribution in [0.4, 0.5) is 11.4 Å². The van der Waals surface area contributed by atoms with Crippen molar-refractivity contribution in [3.05, 3.63) is 60.2 Å². The number of Topliss-reactive ketones (excluding diaryl/α,β-unsaturated/α-hetero) is 1. The minimum absolute atomic E-state index is 0.0662. The zero-order valence-electron chi connectivity index (χ0n) is 14.4. The van der Waals surface area contributed by atoms with E-state index in [9.17, 15) is 4.79 Å². The van der Waals surface area contributed by atoms with Crippen LogP contribution < -0.4 is 15.5 Å². The van der Waals surface area contributed by atoms with Crippen LogP contribution in [0.3, 0.4) is 0 Å². The highest BCUT2D eigenvalue weighted by atomic mass is 32.1. The maximum atomic E-state index is 11.3. The van der Waals surface area contributed by atoms with Gasteiger partial charge >= 0.3 is 0 Å². The van der Waals surface area contributed by atoms with Crippen molar-refractivity contribution >= 4 is 34.5 Å². The minimum Gasteiger partial charge on any atom is -0.371 e. The molecule has 2 aromatic rings. The Hall–Kier alpha value is -2.40. The molecule has 1 aliphatic heterocycles. The third-order valence-corrected chi connectivity index (χ3v) is 4.75. The Balaban J connectivity index is 1.44. The number of carbonyl (C=O) groups is 1. The summed E-state index contributed by atoms with van der Waals surface area (Å²) in [4.78, 5) is 13.7. The number of carbonyl (C=O) groups excluding carboxylic acids is 1. The average Bonchev–Trinajstić information content (AvgIpc) is 3.10. The molecule has 0 unspecified atom stereocenters. The second-order valence-electron chi connectivity index (χ2n) is 6.40. The Morgan fingerprint density at radius 3 is 2.56 bits per heavy atom. The second-order valence-corrected chi connectivity index (χ2v) is 6.81. The Morgan fingerprint density at radius 1 is 1.16 bits per heavy atom. The van der Waals surface area contributed by atoms with Gasteiger partial charge in [-0.1, -0.05) is 18.2 Å². The number of nitrogens with zero attached hydrogens (tertiary/aromatic N) is 1. The van der Waals surface area contributed by atoms with Crippen molar-refractivity contribution in [2.24, 2.45) is 5.92 Å². The van der Waals surface area contributed by atoms with Crippen LogP contribution >= 0.6 is 12.2 Å². The maximum absolute atomic E-state index is 11.3. The largest absolute Gasteiger partial charge is 0.371 e. The lowest BCUT2D eigenvalue weighted by Crippen LogP contribution is -2.34. The first kappa shape index (κ1) is 17.4. The molecule has 1 aliphatic rings. The number of hydrogen-bond acceptors (Lipinski definition) is 3. The number of anilines is 2. The van der Waals surface area contributed by atoms with Crippen molar-refractivity contribution in [1.29, 1.82) is 0 Å². The first-order valence-electron chi connectivity index (χ1n) is 8.57. The molecule has 0 bridgehead atoms. The Bertz CT molecular complexity index is 730. The number of ketones is 1. The normalized spacial score (nSPS) is 16.5. The summed E-state index contributed by atoms with van der Waals surface area (Å²) in [6.45, 7) is 4.56. The highest BCUT2D eigenvalue weighted by Gasteiger charge is 2.22. The van der Waals surface area contributed by atoms with E-state index in [-0.39, 0.29) is 5.78 Å². The van der Waals surface area contributed by atoms with Crippen molar-refractivity contribution in [2.75, 3.05) is 29.9 Å². The minimum atomic E-state index is 0.0662. The summed E-state index contributed by atoms with van der Waals surface area (Å²) in [7, 11) is 0. The van der Waals surface area contributed by atoms with Crippen molar-refractivity contribution in [3.63, 3.8) is 0 Å². The fourth-order valence-electron chi connectivity index (χ4n) is 3.07. The maximum Gasteiger partial charge on any atom is 0.170 e. The molecule has 5 heteroatoms. The third kappa shape index (κ3) is 4.79. The molecule has 130 valence electrons. The van der Waals surface area contributed by atoms with Crippen LogP contribution in [0.1, 0.15) is 23.7 Å². The molecule has 3 rings (SSSR count). The molecule has 0 aliphatic carbocycles. The number of thiocarbonyl (C=S) groups is 1. The number of benzene rings is 2. The van der Waals surface area contributed by atoms with E-state index in [1.807, 2.05) is 30.3 Å². The molecular weight excluding hydrogens is 330 g/mol. The van der Waals surface area contributed by atoms with Crippen LogP contribution in [0, 0.1) is 5.92 Å². The zero-order valence-corrected chi connectivity index (χ0v) is 15.2. The van der Waals surface area contributed by atoms with Crippen LogP contribution in [-0.2, 0) is 0 Å². The van der Waals surface area contributed by atoms with Gasteiger partial charge in [0.05, 0.1) is 0 Å². The smallest absolute Gasteiger partial charge is 0.170 e. The van der Waals surface area contributed by atoms with E-state index < -0.39 is 0 Å². The summed E-state index contributed by atoms with van der Waals surface area (Å²) in [6, 6.07) is 17.9. The van der Waals surface area contributed by atoms with Crippen LogP contribution in [0.2, 0.25) is 0 Å². The first-order chi connectivity index (χ1) is 12.1. The van der Waals surface area contributed by atoms with E-state index in [0.29, 0.717) is 16.6 Å². The predicted molar refractivity (Wildman–Crippen MR) is 107 cm³/mol. The van der Waals surface area contributed by atoms with Crippen LogP contribution in [0.25, 0.3) is 0 Å². The lowest BCUT2D eigenvalue weighted by molar-refractivity contribution is 0.101. The van der Waals surface area contributed by atoms with Crippen molar-refractivity contribution in [1.82, 2.24) is 5.32 Å². The molecule has 2 aromatic carbocycles. The van der Waals surface area contributed by atoms with Crippen molar-refractivity contribution < 1.29 is 4.79 Å². The molecule has 0 amide bonds. The van der Waals surface area contributed by atoms with Crippen molar-refractivity contribution in [2.45, 2.75) is 13.3 Å². The third-order valence-electron chi connectivity index (χ3n) is 4.51. The molecule has 0 saturated carbocycles. The quantitative estimate of drug-likeness (QED) is 0.634. The van der Waals surface area contributed by atoms with E-state index in [4.69, 9.17) is 12.2 Å². The topological polar surface area (TPSA) is 44.4 Å². The summed E-state index contributed by atoms with van der Waals surface area (Å²) in [5.74, 6) is 0.650. The zero-order chi connectivity index (χ0) is 17.6. The molecule has 1 heterocycles. The predicted octanol–water partition coefficient (Wildman–Crippen LogP) is 3.70. The lowest BCUT2D eigenvalue weighted by atomic mass is 10.1. The molecule has 2 N–H and O–H groups in total. The van der Waals surface area contributed by atoms with Crippen LogP contribution in [0.15, 0.2) is 54.6 Å². The second kappa shape index (κ2) is 8.12. The lowest BCUT2D eigenvalue weighted by Gasteiger charge is -2.19. The highest BCUT2D eigenvalue weighted by molar-refractivity contribution is 7.80. The molecule has 0 radical (unpaired) electrons. The summed E-state index contributed by atoms with van der Waals surface area (Å²) < 4.78 is 0. The summed E-state index contributed by atoms with van der Waals surface area (Å²) >= 11 is 5.38. The molecule has 4 nitrogen and oxygen atoms in total. The van der Waals surface area contributed by atoms with Crippen molar-refractivity contribution in [3.8, 4) is 0 Å². The van der Waals surface area contributed by atoms with Gasteiger partial charge in [-0.2, -0.15) is 0 Å². The number of para-hydroxylation sites is 1. The fourth-order valence-corrected chi connectivity index (χ4v) is 3.27. The van der Waals surface area contributed by atoms with E-state index in [1.165, 1.54) is 5.69 Å². The standard InChI is InChI=1S/C20H23N3OS/c1-15(24)17-7-9-18(10-8-17)22-20(25)21-13-16-11-12-23(14-16)19-5-3-2-4-6-19/h2-10,16H,11-14H2,1H3,(H2,21,22,25)/t16-/m0/s1. The summed E-state index contributed by atoms with van der Waals surface area (Å²) in [5, 5.41) is 7.10. The molecule has 1 fully saturated rings. The number of nitrogens with one attached hydrogen (secondary N) is 2. The van der Waals surface area contributed by atoms with Gasteiger partial charge in [-0.3, -0.25) is 4.79 Å². The first-order valence-corrected chi connectivity index (χ1v) is 8.98. The molecule has 1 atom stereocenters. The van der Waals surface area contributed by atoms with E-state index in [1.54, 1.807) is 6.92 Å². The van der Waals surface area contributed by atoms with Gasteiger partial charge in [0.2, 0.25) is 0 Å². The van der Waals surface area contributed by atoms with Gasteiger partial charge in [0.25, 0.3) is 0 Å². The molecule has 0 spiro atoms. The van der Waals surface area contributed by atoms with Gasteiger partial charge < -0.3 is 15.5 Å². The van der Waals surface area contributed by atoms with Gasteiger partial charge in [0.1, 0.15) is 0 Å². The Labute approximate surface area is 154 Å². The number of rotatable bonds is 5.